The normalized spacial score (nSPS) is 11.9. The number of carbonyl (C=O) groups is 2. The molecule has 0 spiro atoms. The lowest BCUT2D eigenvalue weighted by atomic mass is 10.0. The van der Waals surface area contributed by atoms with Crippen molar-refractivity contribution in [1.29, 1.82) is 0 Å². The van der Waals surface area contributed by atoms with Crippen LogP contribution in [0.2, 0.25) is 10.0 Å². The molecule has 0 aliphatic heterocycles. The van der Waals surface area contributed by atoms with Crippen LogP contribution in [-0.2, 0) is 32.6 Å². The van der Waals surface area contributed by atoms with Crippen molar-refractivity contribution in [3.63, 3.8) is 0 Å². The zero-order chi connectivity index (χ0) is 32.1. The molecule has 0 heterocycles. The molecule has 1 N–H and O–H groups in total. The number of amides is 2. The van der Waals surface area contributed by atoms with E-state index in [9.17, 15) is 18.0 Å². The molecule has 1 atom stereocenters. The number of hydrogen-bond donors (Lipinski definition) is 1. The zero-order valence-corrected chi connectivity index (χ0v) is 27.8. The van der Waals surface area contributed by atoms with Gasteiger partial charge in [-0.15, -0.1) is 0 Å². The average Bonchev–Trinajstić information content (AvgIpc) is 2.99. The number of para-hydroxylation sites is 2. The van der Waals surface area contributed by atoms with Crippen LogP contribution in [0.5, 0.6) is 5.75 Å². The van der Waals surface area contributed by atoms with E-state index in [1.807, 2.05) is 44.2 Å². The molecule has 0 saturated carbocycles. The molecule has 238 valence electrons. The summed E-state index contributed by atoms with van der Waals surface area (Å²) < 4.78 is 32.6. The van der Waals surface area contributed by atoms with E-state index in [1.54, 1.807) is 42.5 Å². The minimum Gasteiger partial charge on any atom is -0.492 e. The summed E-state index contributed by atoms with van der Waals surface area (Å²) in [5, 5.41) is 3.76. The highest BCUT2D eigenvalue weighted by Gasteiger charge is 2.31. The van der Waals surface area contributed by atoms with E-state index >= 15 is 0 Å². The maximum Gasteiger partial charge on any atom is 0.243 e. The Morgan fingerprint density at radius 1 is 0.909 bits per heavy atom. The molecule has 3 aromatic carbocycles. The summed E-state index contributed by atoms with van der Waals surface area (Å²) in [5.41, 5.74) is 1.83. The summed E-state index contributed by atoms with van der Waals surface area (Å²) in [6, 6.07) is 20.7. The molecule has 0 aromatic heterocycles. The molecular weight excluding hydrogens is 621 g/mol. The van der Waals surface area contributed by atoms with Crippen LogP contribution in [0, 0.1) is 0 Å². The van der Waals surface area contributed by atoms with E-state index in [-0.39, 0.29) is 44.2 Å². The number of unbranched alkanes of at least 4 members (excludes halogenated alkanes) is 1. The van der Waals surface area contributed by atoms with Crippen LogP contribution < -0.4 is 14.4 Å². The van der Waals surface area contributed by atoms with E-state index in [1.165, 1.54) is 9.21 Å². The van der Waals surface area contributed by atoms with Crippen molar-refractivity contribution < 1.29 is 22.7 Å². The first-order valence-corrected chi connectivity index (χ1v) is 17.4. The second-order valence-corrected chi connectivity index (χ2v) is 13.1. The van der Waals surface area contributed by atoms with Gasteiger partial charge in [0.15, 0.2) is 0 Å². The van der Waals surface area contributed by atoms with Crippen molar-refractivity contribution in [3.05, 3.63) is 94.0 Å². The van der Waals surface area contributed by atoms with Crippen LogP contribution in [0.15, 0.2) is 72.8 Å². The quantitative estimate of drug-likeness (QED) is 0.167. The fraction of sp³-hybridized carbons (Fsp3) is 0.394. The lowest BCUT2D eigenvalue weighted by molar-refractivity contribution is -0.141. The van der Waals surface area contributed by atoms with Crippen LogP contribution >= 0.6 is 23.2 Å². The molecule has 2 amide bonds. The van der Waals surface area contributed by atoms with Gasteiger partial charge in [0.1, 0.15) is 11.8 Å². The van der Waals surface area contributed by atoms with Gasteiger partial charge < -0.3 is 15.0 Å². The van der Waals surface area contributed by atoms with Crippen molar-refractivity contribution in [2.75, 3.05) is 30.3 Å². The van der Waals surface area contributed by atoms with E-state index in [4.69, 9.17) is 27.9 Å². The monoisotopic (exact) mass is 661 g/mol. The second-order valence-electron chi connectivity index (χ2n) is 10.4. The molecule has 0 aliphatic rings. The molecule has 0 unspecified atom stereocenters. The molecule has 11 heteroatoms. The molecule has 8 nitrogen and oxygen atoms in total. The number of benzene rings is 3. The minimum absolute atomic E-state index is 0.0129. The second kappa shape index (κ2) is 17.3. The predicted molar refractivity (Wildman–Crippen MR) is 178 cm³/mol. The Labute approximate surface area is 271 Å². The number of ether oxygens (including phenoxy) is 1. The van der Waals surface area contributed by atoms with Crippen LogP contribution in [0.3, 0.4) is 0 Å². The van der Waals surface area contributed by atoms with Crippen molar-refractivity contribution in [2.45, 2.75) is 58.5 Å². The maximum absolute atomic E-state index is 14.0. The molecule has 0 bridgehead atoms. The van der Waals surface area contributed by atoms with Crippen molar-refractivity contribution in [2.24, 2.45) is 0 Å². The lowest BCUT2D eigenvalue weighted by Crippen LogP contribution is -2.50. The topological polar surface area (TPSA) is 96.0 Å². The number of nitrogens with zero attached hydrogens (tertiary/aromatic N) is 2. The van der Waals surface area contributed by atoms with Gasteiger partial charge in [-0.25, -0.2) is 8.42 Å². The Morgan fingerprint density at radius 3 is 2.20 bits per heavy atom. The Hall–Kier alpha value is -3.27. The van der Waals surface area contributed by atoms with E-state index < -0.39 is 16.1 Å². The van der Waals surface area contributed by atoms with Crippen LogP contribution in [0.4, 0.5) is 5.69 Å². The molecule has 0 saturated heterocycles. The third-order valence-electron chi connectivity index (χ3n) is 7.08. The predicted octanol–water partition coefficient (Wildman–Crippen LogP) is 6.49. The summed E-state index contributed by atoms with van der Waals surface area (Å²) in [4.78, 5) is 29.2. The highest BCUT2D eigenvalue weighted by atomic mass is 35.5. The van der Waals surface area contributed by atoms with E-state index in [0.717, 1.165) is 24.7 Å². The maximum atomic E-state index is 14.0. The van der Waals surface area contributed by atoms with Crippen molar-refractivity contribution in [3.8, 4) is 5.75 Å². The first kappa shape index (κ1) is 35.2. The highest BCUT2D eigenvalue weighted by molar-refractivity contribution is 7.92. The average molecular weight is 663 g/mol. The summed E-state index contributed by atoms with van der Waals surface area (Å²) in [7, 11) is -3.69. The van der Waals surface area contributed by atoms with Gasteiger partial charge in [-0.05, 0) is 49.6 Å². The molecular formula is C33H41Cl2N3O5S. The molecule has 0 radical (unpaired) electrons. The molecule has 44 heavy (non-hydrogen) atoms. The lowest BCUT2D eigenvalue weighted by Gasteiger charge is -2.32. The zero-order valence-electron chi connectivity index (χ0n) is 25.5. The Morgan fingerprint density at radius 2 is 1.57 bits per heavy atom. The van der Waals surface area contributed by atoms with E-state index in [0.29, 0.717) is 40.2 Å². The summed E-state index contributed by atoms with van der Waals surface area (Å²) in [5.74, 6) is -0.158. The number of halogens is 2. The first-order valence-electron chi connectivity index (χ1n) is 14.8. The Kier molecular flexibility index (Phi) is 13.8. The number of sulfonamides is 1. The van der Waals surface area contributed by atoms with E-state index in [2.05, 4.69) is 5.32 Å². The van der Waals surface area contributed by atoms with Gasteiger partial charge in [-0.3, -0.25) is 13.9 Å². The SMILES string of the molecule is CCCCNC(=O)[C@@H](Cc1ccccc1)N(Cc1c(Cl)cccc1Cl)C(=O)CCCN(c1ccccc1OCC)S(C)(=O)=O. The largest absolute Gasteiger partial charge is 0.492 e. The number of rotatable bonds is 17. The number of hydrogen-bond acceptors (Lipinski definition) is 5. The van der Waals surface area contributed by atoms with Crippen LogP contribution in [0.25, 0.3) is 0 Å². The van der Waals surface area contributed by atoms with Gasteiger partial charge in [0, 0.05) is 48.1 Å². The fourth-order valence-corrected chi connectivity index (χ4v) is 6.32. The summed E-state index contributed by atoms with van der Waals surface area (Å²) in [6.07, 6.45) is 3.31. The first-order chi connectivity index (χ1) is 21.1. The Bertz CT molecular complexity index is 1470. The Balaban J connectivity index is 1.93. The van der Waals surface area contributed by atoms with Crippen LogP contribution in [-0.4, -0.2) is 57.1 Å². The standard InChI is InChI=1S/C33H41Cl2N3O5S/c1-4-6-21-36-33(40)30(23-25-14-8-7-9-15-25)37(24-26-27(34)16-12-17-28(26)35)32(39)20-13-22-38(44(3,41)42)29-18-10-11-19-31(29)43-5-2/h7-12,14-19,30H,4-6,13,20-24H2,1-3H3,(H,36,40)/t30-/m1/s1. The molecule has 3 rings (SSSR count). The molecule has 3 aromatic rings. The van der Waals surface area contributed by atoms with Gasteiger partial charge in [-0.1, -0.05) is 85.1 Å². The smallest absolute Gasteiger partial charge is 0.243 e. The van der Waals surface area contributed by atoms with Gasteiger partial charge in [0.05, 0.1) is 18.6 Å². The summed E-state index contributed by atoms with van der Waals surface area (Å²) in [6.45, 7) is 4.77. The fourth-order valence-electron chi connectivity index (χ4n) is 4.84. The van der Waals surface area contributed by atoms with Gasteiger partial charge in [0.2, 0.25) is 21.8 Å². The van der Waals surface area contributed by atoms with Crippen molar-refractivity contribution >= 4 is 50.7 Å². The van der Waals surface area contributed by atoms with Gasteiger partial charge in [0.25, 0.3) is 0 Å². The molecule has 0 fully saturated rings. The third kappa shape index (κ3) is 10.1. The summed E-state index contributed by atoms with van der Waals surface area (Å²) >= 11 is 13.0. The molecule has 0 aliphatic carbocycles. The third-order valence-corrected chi connectivity index (χ3v) is 8.96. The number of nitrogens with one attached hydrogen (secondary N) is 1. The van der Waals surface area contributed by atoms with Gasteiger partial charge in [-0.2, -0.15) is 0 Å². The van der Waals surface area contributed by atoms with Crippen molar-refractivity contribution in [1.82, 2.24) is 10.2 Å². The number of carbonyl (C=O) groups excluding carboxylic acids is 2. The highest BCUT2D eigenvalue weighted by Crippen LogP contribution is 2.31. The van der Waals surface area contributed by atoms with Crippen LogP contribution in [0.1, 0.15) is 50.7 Å². The number of anilines is 1. The minimum atomic E-state index is -3.69. The van der Waals surface area contributed by atoms with Gasteiger partial charge >= 0.3 is 0 Å².